The molecule has 1 aliphatic rings. The number of piperazine rings is 1. The molecule has 5 nitrogen and oxygen atoms in total. The molecule has 94 valence electrons. The third-order valence-corrected chi connectivity index (χ3v) is 3.57. The van der Waals surface area contributed by atoms with E-state index in [0.29, 0.717) is 6.04 Å². The Morgan fingerprint density at radius 2 is 2.24 bits per heavy atom. The summed E-state index contributed by atoms with van der Waals surface area (Å²) in [7, 11) is 4.34. The van der Waals surface area contributed by atoms with Crippen molar-refractivity contribution in [2.24, 2.45) is 0 Å². The summed E-state index contributed by atoms with van der Waals surface area (Å²) in [5.74, 6) is 0.869. The first-order valence-electron chi connectivity index (χ1n) is 5.75. The zero-order valence-electron chi connectivity index (χ0n) is 10.2. The summed E-state index contributed by atoms with van der Waals surface area (Å²) in [6, 6.07) is 2.43. The van der Waals surface area contributed by atoms with E-state index < -0.39 is 0 Å². The molecular formula is C11H18BrN5. The molecule has 0 aliphatic carbocycles. The third kappa shape index (κ3) is 3.62. The zero-order valence-corrected chi connectivity index (χ0v) is 11.8. The minimum absolute atomic E-state index is 0.530. The summed E-state index contributed by atoms with van der Waals surface area (Å²) in [6.45, 7) is 4.27. The molecule has 1 atom stereocenters. The van der Waals surface area contributed by atoms with Crippen LogP contribution in [0.4, 0.5) is 5.82 Å². The van der Waals surface area contributed by atoms with E-state index in [0.717, 1.165) is 36.6 Å². The Morgan fingerprint density at radius 3 is 3.00 bits per heavy atom. The van der Waals surface area contributed by atoms with Gasteiger partial charge >= 0.3 is 0 Å². The van der Waals surface area contributed by atoms with Crippen LogP contribution in [0, 0.1) is 0 Å². The van der Waals surface area contributed by atoms with Crippen LogP contribution < -0.4 is 5.32 Å². The monoisotopic (exact) mass is 299 g/mol. The van der Waals surface area contributed by atoms with E-state index in [-0.39, 0.29) is 0 Å². The molecule has 1 N–H and O–H groups in total. The first kappa shape index (κ1) is 12.7. The summed E-state index contributed by atoms with van der Waals surface area (Å²) in [4.78, 5) is 12.9. The van der Waals surface area contributed by atoms with Crippen LogP contribution in [0.15, 0.2) is 17.0 Å². The van der Waals surface area contributed by atoms with Crippen LogP contribution in [0.3, 0.4) is 0 Å². The molecule has 1 saturated heterocycles. The molecule has 0 saturated carbocycles. The number of hydrogen-bond acceptors (Lipinski definition) is 5. The number of aromatic nitrogens is 2. The quantitative estimate of drug-likeness (QED) is 0.840. The highest BCUT2D eigenvalue weighted by Crippen LogP contribution is 2.11. The predicted molar refractivity (Wildman–Crippen MR) is 72.1 cm³/mol. The zero-order chi connectivity index (χ0) is 12.3. The van der Waals surface area contributed by atoms with Crippen LogP contribution in [0.25, 0.3) is 0 Å². The van der Waals surface area contributed by atoms with Crippen molar-refractivity contribution in [3.8, 4) is 0 Å². The van der Waals surface area contributed by atoms with Gasteiger partial charge in [0.2, 0.25) is 0 Å². The van der Waals surface area contributed by atoms with Crippen molar-refractivity contribution in [1.29, 1.82) is 0 Å². The topological polar surface area (TPSA) is 44.3 Å². The molecule has 1 aliphatic heterocycles. The summed E-state index contributed by atoms with van der Waals surface area (Å²) in [5, 5.41) is 3.36. The Hall–Kier alpha value is -0.720. The first-order chi connectivity index (χ1) is 8.15. The Balaban J connectivity index is 1.88. The van der Waals surface area contributed by atoms with Gasteiger partial charge in [-0.1, -0.05) is 0 Å². The van der Waals surface area contributed by atoms with Crippen LogP contribution in [0.1, 0.15) is 0 Å². The lowest BCUT2D eigenvalue weighted by Gasteiger charge is -2.37. The third-order valence-electron chi connectivity index (χ3n) is 3.13. The number of likely N-dealkylation sites (N-methyl/N-ethyl adjacent to an activating group) is 2. The molecule has 2 rings (SSSR count). The number of nitrogens with one attached hydrogen (secondary N) is 1. The van der Waals surface area contributed by atoms with Crippen molar-refractivity contribution >= 4 is 21.7 Å². The molecule has 0 radical (unpaired) electrons. The molecule has 1 aromatic heterocycles. The van der Waals surface area contributed by atoms with Gasteiger partial charge in [-0.2, -0.15) is 0 Å². The number of rotatable bonds is 3. The SMILES string of the molecule is CN1CCN(C)C(CNc2cc(Br)ncn2)C1. The maximum Gasteiger partial charge on any atom is 0.130 e. The van der Waals surface area contributed by atoms with Gasteiger partial charge in [0.25, 0.3) is 0 Å². The molecule has 1 fully saturated rings. The highest BCUT2D eigenvalue weighted by Gasteiger charge is 2.21. The summed E-state index contributed by atoms with van der Waals surface area (Å²) < 4.78 is 0.809. The van der Waals surface area contributed by atoms with E-state index in [4.69, 9.17) is 0 Å². The van der Waals surface area contributed by atoms with Crippen molar-refractivity contribution < 1.29 is 0 Å². The number of nitrogens with zero attached hydrogens (tertiary/aromatic N) is 4. The second-order valence-corrected chi connectivity index (χ2v) is 5.32. The van der Waals surface area contributed by atoms with Crippen molar-refractivity contribution in [1.82, 2.24) is 19.8 Å². The molecule has 0 aromatic carbocycles. The van der Waals surface area contributed by atoms with Crippen LogP contribution in [-0.4, -0.2) is 66.1 Å². The van der Waals surface area contributed by atoms with E-state index in [1.807, 2.05) is 6.07 Å². The van der Waals surface area contributed by atoms with E-state index in [1.165, 1.54) is 0 Å². The number of halogens is 1. The lowest BCUT2D eigenvalue weighted by Crippen LogP contribution is -2.52. The molecule has 0 bridgehead atoms. The lowest BCUT2D eigenvalue weighted by molar-refractivity contribution is 0.122. The molecule has 6 heteroatoms. The smallest absolute Gasteiger partial charge is 0.130 e. The molecule has 1 unspecified atom stereocenters. The fraction of sp³-hybridized carbons (Fsp3) is 0.636. The summed E-state index contributed by atoms with van der Waals surface area (Å²) in [6.07, 6.45) is 1.56. The maximum atomic E-state index is 4.18. The van der Waals surface area contributed by atoms with E-state index >= 15 is 0 Å². The summed E-state index contributed by atoms with van der Waals surface area (Å²) in [5.41, 5.74) is 0. The van der Waals surface area contributed by atoms with Crippen molar-refractivity contribution in [3.63, 3.8) is 0 Å². The average Bonchev–Trinajstić information content (AvgIpc) is 2.30. The fourth-order valence-corrected chi connectivity index (χ4v) is 2.28. The predicted octanol–water partition coefficient (Wildman–Crippen LogP) is 0.897. The Morgan fingerprint density at radius 1 is 1.41 bits per heavy atom. The van der Waals surface area contributed by atoms with Crippen LogP contribution in [0.2, 0.25) is 0 Å². The van der Waals surface area contributed by atoms with Gasteiger partial charge in [0.1, 0.15) is 16.7 Å². The molecule has 2 heterocycles. The van der Waals surface area contributed by atoms with Gasteiger partial charge in [-0.15, -0.1) is 0 Å². The first-order valence-corrected chi connectivity index (χ1v) is 6.54. The Labute approximate surface area is 110 Å². The second kappa shape index (κ2) is 5.75. The molecule has 17 heavy (non-hydrogen) atoms. The largest absolute Gasteiger partial charge is 0.368 e. The molecule has 1 aromatic rings. The second-order valence-electron chi connectivity index (χ2n) is 4.50. The van der Waals surface area contributed by atoms with Gasteiger partial charge in [0.05, 0.1) is 0 Å². The van der Waals surface area contributed by atoms with E-state index in [1.54, 1.807) is 6.33 Å². The highest BCUT2D eigenvalue weighted by molar-refractivity contribution is 9.10. The Kier molecular flexibility index (Phi) is 4.31. The molecular weight excluding hydrogens is 282 g/mol. The molecule has 0 amide bonds. The van der Waals surface area contributed by atoms with Crippen molar-refractivity contribution in [3.05, 3.63) is 17.0 Å². The summed E-state index contributed by atoms with van der Waals surface area (Å²) >= 11 is 3.34. The van der Waals surface area contributed by atoms with Gasteiger partial charge in [-0.3, -0.25) is 4.90 Å². The van der Waals surface area contributed by atoms with Gasteiger partial charge in [0, 0.05) is 38.3 Å². The average molecular weight is 300 g/mol. The number of hydrogen-bond donors (Lipinski definition) is 1. The van der Waals surface area contributed by atoms with Gasteiger partial charge in [-0.25, -0.2) is 9.97 Å². The van der Waals surface area contributed by atoms with E-state index in [9.17, 15) is 0 Å². The highest BCUT2D eigenvalue weighted by atomic mass is 79.9. The van der Waals surface area contributed by atoms with Gasteiger partial charge < -0.3 is 10.2 Å². The van der Waals surface area contributed by atoms with Gasteiger partial charge in [-0.05, 0) is 30.0 Å². The van der Waals surface area contributed by atoms with Crippen molar-refractivity contribution in [2.75, 3.05) is 45.6 Å². The number of anilines is 1. The van der Waals surface area contributed by atoms with Crippen molar-refractivity contribution in [2.45, 2.75) is 6.04 Å². The van der Waals surface area contributed by atoms with Crippen LogP contribution in [-0.2, 0) is 0 Å². The van der Waals surface area contributed by atoms with Crippen LogP contribution in [0.5, 0.6) is 0 Å². The fourth-order valence-electron chi connectivity index (χ4n) is 1.97. The normalized spacial score (nSPS) is 22.6. The minimum Gasteiger partial charge on any atom is -0.368 e. The Bertz CT molecular complexity index is 373. The van der Waals surface area contributed by atoms with Gasteiger partial charge in [0.15, 0.2) is 0 Å². The standard InChI is InChI=1S/C11H18BrN5/c1-16-3-4-17(2)9(7-16)6-13-11-5-10(12)14-8-15-11/h5,8-9H,3-4,6-7H2,1-2H3,(H,13,14,15). The van der Waals surface area contributed by atoms with Crippen LogP contribution >= 0.6 is 15.9 Å². The lowest BCUT2D eigenvalue weighted by atomic mass is 10.2. The molecule has 0 spiro atoms. The minimum atomic E-state index is 0.530. The maximum absolute atomic E-state index is 4.18. The van der Waals surface area contributed by atoms with E-state index in [2.05, 4.69) is 55.1 Å².